The zero-order valence-electron chi connectivity index (χ0n) is 11.5. The first-order chi connectivity index (χ1) is 9.19. The van der Waals surface area contributed by atoms with E-state index in [2.05, 4.69) is 11.8 Å². The molecule has 0 saturated heterocycles. The predicted molar refractivity (Wildman–Crippen MR) is 77.4 cm³/mol. The third-order valence-electron chi connectivity index (χ3n) is 3.87. The number of halogens is 2. The molecule has 1 unspecified atom stereocenters. The zero-order valence-corrected chi connectivity index (χ0v) is 12.3. The molecule has 0 N–H and O–H groups in total. The largest absolute Gasteiger partial charge is 0.383 e. The monoisotopic (exact) mass is 285 g/mol. The Morgan fingerprint density at radius 2 is 2.21 bits per heavy atom. The van der Waals surface area contributed by atoms with Crippen LogP contribution in [-0.4, -0.2) is 26.3 Å². The minimum absolute atomic E-state index is 0.197. The molecule has 1 aliphatic carbocycles. The van der Waals surface area contributed by atoms with E-state index in [1.54, 1.807) is 13.2 Å². The second kappa shape index (κ2) is 6.58. The summed E-state index contributed by atoms with van der Waals surface area (Å²) in [4.78, 5) is 2.24. The number of benzene rings is 1. The zero-order chi connectivity index (χ0) is 13.8. The SMILES string of the molecule is COCCN(c1cccc(F)c1CCl)C(C)C1CC1. The summed E-state index contributed by atoms with van der Waals surface area (Å²) in [6, 6.07) is 5.58. The van der Waals surface area contributed by atoms with Crippen molar-refractivity contribution in [3.63, 3.8) is 0 Å². The topological polar surface area (TPSA) is 12.5 Å². The van der Waals surface area contributed by atoms with Gasteiger partial charge in [-0.3, -0.25) is 0 Å². The van der Waals surface area contributed by atoms with E-state index in [1.165, 1.54) is 18.9 Å². The number of ether oxygens (including phenoxy) is 1. The molecule has 0 heterocycles. The molecule has 1 aliphatic rings. The Balaban J connectivity index is 2.28. The summed E-state index contributed by atoms with van der Waals surface area (Å²) in [6.07, 6.45) is 2.52. The van der Waals surface area contributed by atoms with Gasteiger partial charge in [-0.1, -0.05) is 6.07 Å². The van der Waals surface area contributed by atoms with Crippen molar-refractivity contribution in [2.45, 2.75) is 31.7 Å². The molecule has 1 atom stereocenters. The maximum Gasteiger partial charge on any atom is 0.129 e. The highest BCUT2D eigenvalue weighted by Crippen LogP contribution is 2.38. The van der Waals surface area contributed by atoms with Crippen LogP contribution >= 0.6 is 11.6 Å². The maximum atomic E-state index is 13.9. The number of hydrogen-bond donors (Lipinski definition) is 0. The first kappa shape index (κ1) is 14.6. The van der Waals surface area contributed by atoms with Crippen LogP contribution in [0.3, 0.4) is 0 Å². The molecule has 19 heavy (non-hydrogen) atoms. The van der Waals surface area contributed by atoms with Gasteiger partial charge in [0.25, 0.3) is 0 Å². The van der Waals surface area contributed by atoms with Crippen LogP contribution in [0.1, 0.15) is 25.3 Å². The molecule has 2 rings (SSSR count). The fourth-order valence-electron chi connectivity index (χ4n) is 2.51. The van der Waals surface area contributed by atoms with Crippen molar-refractivity contribution in [1.82, 2.24) is 0 Å². The van der Waals surface area contributed by atoms with Crippen LogP contribution in [0.4, 0.5) is 10.1 Å². The van der Waals surface area contributed by atoms with Crippen molar-refractivity contribution in [3.8, 4) is 0 Å². The van der Waals surface area contributed by atoms with Gasteiger partial charge < -0.3 is 9.64 Å². The highest BCUT2D eigenvalue weighted by molar-refractivity contribution is 6.17. The molecule has 1 aromatic carbocycles. The van der Waals surface area contributed by atoms with Crippen LogP contribution in [-0.2, 0) is 10.6 Å². The van der Waals surface area contributed by atoms with Crippen LogP contribution in [0.2, 0.25) is 0 Å². The lowest BCUT2D eigenvalue weighted by molar-refractivity contribution is 0.202. The molecule has 0 bridgehead atoms. The highest BCUT2D eigenvalue weighted by Gasteiger charge is 2.33. The van der Waals surface area contributed by atoms with Crippen LogP contribution in [0, 0.1) is 11.7 Å². The number of rotatable bonds is 7. The third kappa shape index (κ3) is 3.40. The highest BCUT2D eigenvalue weighted by atomic mass is 35.5. The molecule has 0 spiro atoms. The van der Waals surface area contributed by atoms with Gasteiger partial charge in [0.15, 0.2) is 0 Å². The lowest BCUT2D eigenvalue weighted by Crippen LogP contribution is -2.38. The van der Waals surface area contributed by atoms with Crippen molar-refractivity contribution >= 4 is 17.3 Å². The number of anilines is 1. The van der Waals surface area contributed by atoms with Gasteiger partial charge >= 0.3 is 0 Å². The summed E-state index contributed by atoms with van der Waals surface area (Å²) in [5.41, 5.74) is 1.50. The molecule has 0 aromatic heterocycles. The lowest BCUT2D eigenvalue weighted by Gasteiger charge is -2.33. The molecular weight excluding hydrogens is 265 g/mol. The van der Waals surface area contributed by atoms with Crippen LogP contribution in [0.15, 0.2) is 18.2 Å². The van der Waals surface area contributed by atoms with E-state index in [0.29, 0.717) is 24.1 Å². The lowest BCUT2D eigenvalue weighted by atomic mass is 10.1. The molecule has 2 nitrogen and oxygen atoms in total. The van der Waals surface area contributed by atoms with E-state index in [-0.39, 0.29) is 11.7 Å². The molecule has 0 radical (unpaired) electrons. The first-order valence-corrected chi connectivity index (χ1v) is 7.31. The number of alkyl halides is 1. The van der Waals surface area contributed by atoms with E-state index >= 15 is 0 Å². The standard InChI is InChI=1S/C15H21ClFNO/c1-11(12-6-7-12)18(8-9-19-2)15-5-3-4-14(17)13(15)10-16/h3-5,11-12H,6-10H2,1-2H3. The number of nitrogens with zero attached hydrogens (tertiary/aromatic N) is 1. The molecular formula is C15H21ClFNO. The Labute approximate surface area is 119 Å². The summed E-state index contributed by atoms with van der Waals surface area (Å²) in [7, 11) is 1.69. The van der Waals surface area contributed by atoms with Crippen molar-refractivity contribution in [3.05, 3.63) is 29.6 Å². The predicted octanol–water partition coefficient (Wildman–Crippen LogP) is 3.82. The van der Waals surface area contributed by atoms with Crippen molar-refractivity contribution < 1.29 is 9.13 Å². The Morgan fingerprint density at radius 3 is 2.79 bits per heavy atom. The molecule has 0 amide bonds. The smallest absolute Gasteiger partial charge is 0.129 e. The summed E-state index contributed by atoms with van der Waals surface area (Å²) in [5, 5.41) is 0. The van der Waals surface area contributed by atoms with Gasteiger partial charge in [-0.05, 0) is 37.8 Å². The molecule has 0 aliphatic heterocycles. The summed E-state index contributed by atoms with van der Waals surface area (Å²) < 4.78 is 19.1. The van der Waals surface area contributed by atoms with Crippen LogP contribution in [0.5, 0.6) is 0 Å². The van der Waals surface area contributed by atoms with Crippen LogP contribution in [0.25, 0.3) is 0 Å². The molecule has 4 heteroatoms. The Bertz CT molecular complexity index is 423. The number of hydrogen-bond acceptors (Lipinski definition) is 2. The molecule has 1 aromatic rings. The van der Waals surface area contributed by atoms with E-state index in [0.717, 1.165) is 12.2 Å². The minimum Gasteiger partial charge on any atom is -0.383 e. The Kier molecular flexibility index (Phi) is 5.06. The quantitative estimate of drug-likeness (QED) is 0.706. The molecule has 106 valence electrons. The van der Waals surface area contributed by atoms with Crippen molar-refractivity contribution in [2.24, 2.45) is 5.92 Å². The minimum atomic E-state index is -0.224. The van der Waals surface area contributed by atoms with Gasteiger partial charge in [0.1, 0.15) is 5.82 Å². The van der Waals surface area contributed by atoms with Gasteiger partial charge in [-0.25, -0.2) is 4.39 Å². The van der Waals surface area contributed by atoms with Crippen molar-refractivity contribution in [2.75, 3.05) is 25.2 Å². The second-order valence-corrected chi connectivity index (χ2v) is 5.40. The first-order valence-electron chi connectivity index (χ1n) is 6.78. The Morgan fingerprint density at radius 1 is 1.47 bits per heavy atom. The summed E-state index contributed by atoms with van der Waals surface area (Å²) in [6.45, 7) is 3.60. The van der Waals surface area contributed by atoms with E-state index in [9.17, 15) is 4.39 Å². The third-order valence-corrected chi connectivity index (χ3v) is 4.14. The van der Waals surface area contributed by atoms with Crippen molar-refractivity contribution in [1.29, 1.82) is 0 Å². The van der Waals surface area contributed by atoms with Gasteiger partial charge in [-0.15, -0.1) is 11.6 Å². The normalized spacial score (nSPS) is 16.4. The number of methoxy groups -OCH3 is 1. The average Bonchev–Trinajstić information content (AvgIpc) is 3.23. The second-order valence-electron chi connectivity index (χ2n) is 5.14. The maximum absolute atomic E-state index is 13.9. The Hall–Kier alpha value is -0.800. The average molecular weight is 286 g/mol. The summed E-state index contributed by atoms with van der Waals surface area (Å²) in [5.74, 6) is 0.685. The van der Waals surface area contributed by atoms with Gasteiger partial charge in [0, 0.05) is 30.9 Å². The van der Waals surface area contributed by atoms with E-state index < -0.39 is 0 Å². The van der Waals surface area contributed by atoms with Gasteiger partial charge in [0.2, 0.25) is 0 Å². The van der Waals surface area contributed by atoms with Gasteiger partial charge in [-0.2, -0.15) is 0 Å². The fraction of sp³-hybridized carbons (Fsp3) is 0.600. The fourth-order valence-corrected chi connectivity index (χ4v) is 2.78. The van der Waals surface area contributed by atoms with Crippen LogP contribution < -0.4 is 4.90 Å². The summed E-state index contributed by atoms with van der Waals surface area (Å²) >= 11 is 5.92. The van der Waals surface area contributed by atoms with E-state index in [4.69, 9.17) is 16.3 Å². The molecule has 1 fully saturated rings. The van der Waals surface area contributed by atoms with Gasteiger partial charge in [0.05, 0.1) is 12.5 Å². The van der Waals surface area contributed by atoms with E-state index in [1.807, 2.05) is 6.07 Å². The molecule has 1 saturated carbocycles.